The number of nitrogens with one attached hydrogen (secondary N) is 1. The van der Waals surface area contributed by atoms with Crippen molar-refractivity contribution in [1.29, 1.82) is 0 Å². The summed E-state index contributed by atoms with van der Waals surface area (Å²) in [5.41, 5.74) is 1.00. The molecule has 5 heteroatoms. The number of hydrogen-bond donors (Lipinski definition) is 1. The van der Waals surface area contributed by atoms with Gasteiger partial charge in [-0.1, -0.05) is 65.1 Å². The van der Waals surface area contributed by atoms with E-state index in [4.69, 9.17) is 34.8 Å². The minimum absolute atomic E-state index is 0.287. The van der Waals surface area contributed by atoms with Crippen LogP contribution in [0, 0.1) is 0 Å². The molecule has 1 rings (SSSR count). The Kier molecular flexibility index (Phi) is 8.52. The van der Waals surface area contributed by atoms with Crippen molar-refractivity contribution in [3.8, 4) is 0 Å². The zero-order chi connectivity index (χ0) is 16.6. The molecule has 2 nitrogen and oxygen atoms in total. The number of nitrogens with zero attached hydrogens (tertiary/aromatic N) is 1. The Balaban J connectivity index is 2.59. The predicted octanol–water partition coefficient (Wildman–Crippen LogP) is 4.95. The van der Waals surface area contributed by atoms with Crippen molar-refractivity contribution in [2.75, 3.05) is 32.7 Å². The molecule has 1 atom stereocenters. The molecule has 0 heterocycles. The van der Waals surface area contributed by atoms with Crippen LogP contribution in [0.25, 0.3) is 0 Å². The van der Waals surface area contributed by atoms with Gasteiger partial charge in [-0.15, -0.1) is 0 Å². The van der Waals surface area contributed by atoms with E-state index in [-0.39, 0.29) is 6.04 Å². The van der Waals surface area contributed by atoms with Crippen LogP contribution in [-0.4, -0.2) is 41.0 Å². The van der Waals surface area contributed by atoms with E-state index in [9.17, 15) is 0 Å². The van der Waals surface area contributed by atoms with Crippen LogP contribution in [0.4, 0.5) is 0 Å². The number of alkyl halides is 3. The molecule has 0 aliphatic heterocycles. The molecule has 0 amide bonds. The van der Waals surface area contributed by atoms with Gasteiger partial charge in [-0.2, -0.15) is 0 Å². The lowest BCUT2D eigenvalue weighted by molar-refractivity contribution is -0.923. The third kappa shape index (κ3) is 5.90. The highest BCUT2D eigenvalue weighted by molar-refractivity contribution is 6.68. The summed E-state index contributed by atoms with van der Waals surface area (Å²) in [6, 6.07) is 9.59. The summed E-state index contributed by atoms with van der Waals surface area (Å²) < 4.78 is -0.209. The fourth-order valence-corrected chi connectivity index (χ4v) is 3.48. The Hall–Kier alpha value is 0.01000. The van der Waals surface area contributed by atoms with Gasteiger partial charge >= 0.3 is 0 Å². The van der Waals surface area contributed by atoms with E-state index in [0.717, 1.165) is 29.6 Å². The van der Waals surface area contributed by atoms with E-state index in [0.29, 0.717) is 0 Å². The fraction of sp³-hybridized carbons (Fsp3) is 0.647. The van der Waals surface area contributed by atoms with Crippen LogP contribution >= 0.6 is 34.8 Å². The number of hydrogen-bond acceptors (Lipinski definition) is 1. The van der Waals surface area contributed by atoms with Crippen LogP contribution < -0.4 is 5.32 Å². The van der Waals surface area contributed by atoms with Crippen molar-refractivity contribution >= 4 is 34.8 Å². The van der Waals surface area contributed by atoms with Crippen molar-refractivity contribution < 1.29 is 4.48 Å². The Bertz CT molecular complexity index is 405. The topological polar surface area (TPSA) is 12.0 Å². The molecule has 0 fully saturated rings. The van der Waals surface area contributed by atoms with E-state index in [2.05, 4.69) is 26.1 Å². The zero-order valence-corrected chi connectivity index (χ0v) is 16.1. The Morgan fingerprint density at radius 1 is 1.00 bits per heavy atom. The van der Waals surface area contributed by atoms with Crippen molar-refractivity contribution in [3.63, 3.8) is 0 Å². The SMILES string of the molecule is CC[N+](CC)(CC)CCCN[C@@H](c1ccccc1)C(Cl)(Cl)Cl. The summed E-state index contributed by atoms with van der Waals surface area (Å²) in [6.07, 6.45) is 1.07. The molecule has 0 unspecified atom stereocenters. The number of halogens is 3. The number of benzene rings is 1. The third-order valence-electron chi connectivity index (χ3n) is 4.63. The van der Waals surface area contributed by atoms with Gasteiger partial charge in [0.1, 0.15) is 0 Å². The average Bonchev–Trinajstić information content (AvgIpc) is 2.51. The van der Waals surface area contributed by atoms with Gasteiger partial charge < -0.3 is 9.80 Å². The van der Waals surface area contributed by atoms with Gasteiger partial charge in [-0.3, -0.25) is 0 Å². The molecule has 0 radical (unpaired) electrons. The van der Waals surface area contributed by atoms with E-state index in [1.165, 1.54) is 19.6 Å². The first-order valence-electron chi connectivity index (χ1n) is 8.08. The lowest BCUT2D eigenvalue weighted by Gasteiger charge is -2.36. The summed E-state index contributed by atoms with van der Waals surface area (Å²) in [7, 11) is 0. The van der Waals surface area contributed by atoms with Crippen LogP contribution in [0.1, 0.15) is 38.8 Å². The van der Waals surface area contributed by atoms with Crippen molar-refractivity contribution in [1.82, 2.24) is 5.32 Å². The van der Waals surface area contributed by atoms with Crippen LogP contribution in [-0.2, 0) is 0 Å². The number of quaternary nitrogens is 1. The lowest BCUT2D eigenvalue weighted by atomic mass is 10.1. The fourth-order valence-electron chi connectivity index (χ4n) is 2.87. The van der Waals surface area contributed by atoms with Gasteiger partial charge in [0.05, 0.1) is 32.2 Å². The maximum atomic E-state index is 6.15. The summed E-state index contributed by atoms with van der Waals surface area (Å²) in [5.74, 6) is 0. The number of rotatable bonds is 9. The van der Waals surface area contributed by atoms with E-state index >= 15 is 0 Å². The van der Waals surface area contributed by atoms with Gasteiger partial charge in [0, 0.05) is 13.0 Å². The standard InChI is InChI=1S/C17H28Cl3N2/c1-4-22(5-2,6-3)14-10-13-21-16(17(18,19)20)15-11-8-7-9-12-15/h7-9,11-12,16,21H,4-6,10,13-14H2,1-3H3/q+1/t16-/m0/s1. The first kappa shape index (κ1) is 20.1. The van der Waals surface area contributed by atoms with Crippen LogP contribution in [0.15, 0.2) is 30.3 Å². The maximum Gasteiger partial charge on any atom is 0.209 e. The quantitative estimate of drug-likeness (QED) is 0.370. The molecule has 0 spiro atoms. The molecular formula is C17H28Cl3N2+. The minimum atomic E-state index is -1.35. The van der Waals surface area contributed by atoms with Gasteiger partial charge in [0.15, 0.2) is 0 Å². The summed E-state index contributed by atoms with van der Waals surface area (Å²) >= 11 is 18.4. The Labute approximate surface area is 150 Å². The third-order valence-corrected chi connectivity index (χ3v) is 5.29. The molecule has 22 heavy (non-hydrogen) atoms. The van der Waals surface area contributed by atoms with Crippen LogP contribution in [0.5, 0.6) is 0 Å². The minimum Gasteiger partial charge on any atom is -0.324 e. The van der Waals surface area contributed by atoms with E-state index in [1.807, 2.05) is 30.3 Å². The summed E-state index contributed by atoms with van der Waals surface area (Å²) in [6.45, 7) is 12.3. The highest BCUT2D eigenvalue weighted by Crippen LogP contribution is 2.39. The second kappa shape index (κ2) is 9.34. The van der Waals surface area contributed by atoms with Gasteiger partial charge in [0.25, 0.3) is 0 Å². The molecular weight excluding hydrogens is 339 g/mol. The largest absolute Gasteiger partial charge is 0.324 e. The molecule has 1 aromatic carbocycles. The molecule has 0 aliphatic rings. The Morgan fingerprint density at radius 3 is 2.00 bits per heavy atom. The maximum absolute atomic E-state index is 6.15. The monoisotopic (exact) mass is 365 g/mol. The van der Waals surface area contributed by atoms with Crippen molar-refractivity contribution in [2.24, 2.45) is 0 Å². The molecule has 0 bridgehead atoms. The first-order valence-corrected chi connectivity index (χ1v) is 9.22. The van der Waals surface area contributed by atoms with Gasteiger partial charge in [-0.25, -0.2) is 0 Å². The second-order valence-electron chi connectivity index (χ2n) is 5.71. The normalized spacial score (nSPS) is 14.1. The molecule has 0 saturated carbocycles. The van der Waals surface area contributed by atoms with Gasteiger partial charge in [0.2, 0.25) is 3.79 Å². The van der Waals surface area contributed by atoms with Crippen LogP contribution in [0.3, 0.4) is 0 Å². The predicted molar refractivity (Wildman–Crippen MR) is 98.8 cm³/mol. The van der Waals surface area contributed by atoms with E-state index in [1.54, 1.807) is 0 Å². The molecule has 0 aliphatic carbocycles. The summed E-state index contributed by atoms with van der Waals surface area (Å²) in [4.78, 5) is 0. The smallest absolute Gasteiger partial charge is 0.209 e. The zero-order valence-electron chi connectivity index (χ0n) is 13.8. The summed E-state index contributed by atoms with van der Waals surface area (Å²) in [5, 5.41) is 3.42. The Morgan fingerprint density at radius 2 is 1.55 bits per heavy atom. The molecule has 126 valence electrons. The molecule has 1 aromatic rings. The average molecular weight is 367 g/mol. The molecule has 0 aromatic heterocycles. The van der Waals surface area contributed by atoms with Crippen molar-refractivity contribution in [3.05, 3.63) is 35.9 Å². The van der Waals surface area contributed by atoms with Gasteiger partial charge in [-0.05, 0) is 26.3 Å². The van der Waals surface area contributed by atoms with Crippen molar-refractivity contribution in [2.45, 2.75) is 37.0 Å². The van der Waals surface area contributed by atoms with Crippen LogP contribution in [0.2, 0.25) is 0 Å². The highest BCUT2D eigenvalue weighted by atomic mass is 35.6. The lowest BCUT2D eigenvalue weighted by Crippen LogP contribution is -2.49. The highest BCUT2D eigenvalue weighted by Gasteiger charge is 2.33. The first-order chi connectivity index (χ1) is 10.4. The van der Waals surface area contributed by atoms with E-state index < -0.39 is 3.79 Å². The molecule has 0 saturated heterocycles. The molecule has 1 N–H and O–H groups in total. The second-order valence-corrected chi connectivity index (χ2v) is 8.08.